The molecule has 0 atom stereocenters. The van der Waals surface area contributed by atoms with Crippen LogP contribution >= 0.6 is 22.9 Å². The van der Waals surface area contributed by atoms with Crippen molar-refractivity contribution < 1.29 is 78.9 Å². The van der Waals surface area contributed by atoms with Crippen LogP contribution in [0.2, 0.25) is 5.02 Å². The van der Waals surface area contributed by atoms with Gasteiger partial charge in [-0.3, -0.25) is 9.59 Å². The molecule has 11 nitrogen and oxygen atoms in total. The summed E-state index contributed by atoms with van der Waals surface area (Å²) < 4.78 is 38.3. The molecule has 0 bridgehead atoms. The van der Waals surface area contributed by atoms with E-state index in [1.54, 1.807) is 39.0 Å². The number of nitrogens with one attached hydrogen (secondary N) is 2. The van der Waals surface area contributed by atoms with Crippen molar-refractivity contribution in [3.63, 3.8) is 0 Å². The molecule has 0 saturated heterocycles. The molecular weight excluding hydrogens is 845 g/mol. The van der Waals surface area contributed by atoms with Gasteiger partial charge in [-0.25, -0.2) is 12.8 Å². The number of hydrogen-bond acceptors (Lipinski definition) is 8. The number of hydrogen-bond donors (Lipinski definition) is 2. The second kappa shape index (κ2) is 21.0. The Morgan fingerprint density at radius 2 is 1.55 bits per heavy atom. The smallest absolute Gasteiger partial charge is 0.493 e. The first-order valence-corrected chi connectivity index (χ1v) is 22.6. The largest absolute Gasteiger partial charge is 1.00 e. The number of nitrogens with zero attached hydrogens (tertiary/aromatic N) is 3. The average molecular weight is 905 g/mol. The molecule has 2 amide bonds. The van der Waals surface area contributed by atoms with Gasteiger partial charge in [0.1, 0.15) is 11.5 Å². The number of rotatable bonds is 17. The third-order valence-electron chi connectivity index (χ3n) is 10.5. The second-order valence-corrected chi connectivity index (χ2v) is 20.4. The van der Waals surface area contributed by atoms with E-state index in [4.69, 9.17) is 16.3 Å². The number of halogens is 1. The zero-order valence-corrected chi connectivity index (χ0v) is 42.9. The summed E-state index contributed by atoms with van der Waals surface area (Å²) in [7, 11) is -4.26. The van der Waals surface area contributed by atoms with Crippen molar-refractivity contribution in [1.29, 1.82) is 0 Å². The van der Waals surface area contributed by atoms with Gasteiger partial charge in [-0.1, -0.05) is 118 Å². The van der Waals surface area contributed by atoms with Crippen LogP contribution in [-0.4, -0.2) is 42.4 Å². The molecule has 60 heavy (non-hydrogen) atoms. The first-order valence-electron chi connectivity index (χ1n) is 20.0. The standard InChI is InChI=1S/C45H59ClN5O6S2.K/c1-13-44(9,10)30-19-24-36(33(26-30)45(11,12)14-2)57-25-15-16-37(52)47-31-20-23-34(46)35(27-31)48-40(54)38(39(53)43(6,7)8)51-42(58-41(49-51)28(3)4)50-59(55,56)32-21-17-29(5)18-22-32;/h17-24,26-28H,13-16,25H2,1-12H3,(H,47,52)(H,48,54);/q-1;+1. The van der Waals surface area contributed by atoms with Crippen molar-refractivity contribution in [3.05, 3.63) is 98.2 Å². The summed E-state index contributed by atoms with van der Waals surface area (Å²) in [6.07, 6.45) is 2.58. The number of carbonyl (C=O) groups excluding carboxylic acids is 3. The van der Waals surface area contributed by atoms with E-state index in [9.17, 15) is 22.8 Å². The zero-order chi connectivity index (χ0) is 44.1. The number of carbonyl (C=O) groups is 3. The van der Waals surface area contributed by atoms with Gasteiger partial charge in [-0.2, -0.15) is 16.4 Å². The van der Waals surface area contributed by atoms with Gasteiger partial charge in [-0.15, -0.1) is 0 Å². The molecule has 0 aliphatic heterocycles. The number of aromatic nitrogens is 2. The Bertz CT molecular complexity index is 2350. The van der Waals surface area contributed by atoms with Crippen molar-refractivity contribution in [2.45, 2.75) is 130 Å². The van der Waals surface area contributed by atoms with E-state index < -0.39 is 33.2 Å². The molecule has 0 aliphatic carbocycles. The fourth-order valence-electron chi connectivity index (χ4n) is 5.77. The van der Waals surface area contributed by atoms with Gasteiger partial charge in [0.05, 0.1) is 32.0 Å². The molecular formula is C45H59ClKN5O6S2. The van der Waals surface area contributed by atoms with Crippen molar-refractivity contribution in [2.75, 3.05) is 17.2 Å². The molecule has 0 aliphatic rings. The van der Waals surface area contributed by atoms with Crippen molar-refractivity contribution >= 4 is 61.9 Å². The quantitative estimate of drug-likeness (QED) is 0.0496. The third kappa shape index (κ3) is 13.1. The monoisotopic (exact) mass is 903 g/mol. The molecule has 0 radical (unpaired) electrons. The maximum atomic E-state index is 14.2. The number of amides is 2. The molecule has 0 unspecified atom stereocenters. The van der Waals surface area contributed by atoms with Crippen LogP contribution in [0, 0.1) is 18.4 Å². The van der Waals surface area contributed by atoms with Gasteiger partial charge in [0, 0.05) is 35.0 Å². The first-order chi connectivity index (χ1) is 27.4. The number of ether oxygens (including phenoxy) is 1. The second-order valence-electron chi connectivity index (χ2n) is 17.4. The third-order valence-corrected chi connectivity index (χ3v) is 13.4. The summed E-state index contributed by atoms with van der Waals surface area (Å²) in [5.41, 5.74) is 2.62. The Morgan fingerprint density at radius 3 is 2.13 bits per heavy atom. The minimum atomic E-state index is -4.26. The molecule has 1 aromatic heterocycles. The maximum Gasteiger partial charge on any atom is 1.00 e. The van der Waals surface area contributed by atoms with Crippen LogP contribution in [0.4, 0.5) is 11.4 Å². The maximum absolute atomic E-state index is 14.2. The number of benzene rings is 3. The van der Waals surface area contributed by atoms with Crippen molar-refractivity contribution in [3.8, 4) is 5.75 Å². The molecule has 15 heteroatoms. The normalized spacial score (nSPS) is 12.5. The van der Waals surface area contributed by atoms with Crippen LogP contribution in [0.5, 0.6) is 5.75 Å². The Morgan fingerprint density at radius 1 is 0.917 bits per heavy atom. The summed E-state index contributed by atoms with van der Waals surface area (Å²) in [5.74, 6) is -1.13. The van der Waals surface area contributed by atoms with E-state index in [1.807, 2.05) is 26.8 Å². The number of ketones is 1. The predicted molar refractivity (Wildman–Crippen MR) is 238 cm³/mol. The summed E-state index contributed by atoms with van der Waals surface area (Å²) in [5, 5.41) is 10.7. The molecule has 4 aromatic rings. The topological polar surface area (TPSA) is 149 Å². The van der Waals surface area contributed by atoms with E-state index >= 15 is 0 Å². The van der Waals surface area contributed by atoms with Gasteiger partial charge in [0.2, 0.25) is 5.91 Å². The van der Waals surface area contributed by atoms with Crippen LogP contribution < -0.4 is 71.6 Å². The Hall–Kier alpha value is -2.82. The summed E-state index contributed by atoms with van der Waals surface area (Å²) in [4.78, 5) is 41.1. The zero-order valence-electron chi connectivity index (χ0n) is 37.4. The minimum absolute atomic E-state index is 0. The Labute approximate surface area is 408 Å². The SMILES string of the molecule is CCC(C)(C)c1ccc(OCCCC(=O)Nc2ccc(Cl)c(NC(=O)[C-](C(=O)C(C)(C)C)n3nc(C(C)C)sc3=NS(=O)(=O)c3ccc(C)cc3)c2)c(C(C)(C)CC)c1.[K+]. The number of aryl methyl sites for hydroxylation is 1. The number of sulfonamides is 1. The number of anilines is 2. The van der Waals surface area contributed by atoms with Crippen molar-refractivity contribution in [1.82, 2.24) is 9.78 Å². The summed E-state index contributed by atoms with van der Waals surface area (Å²) in [6, 6.07) is 16.8. The van der Waals surface area contributed by atoms with Crippen LogP contribution in [-0.2, 0) is 35.2 Å². The molecule has 0 saturated carbocycles. The van der Waals surface area contributed by atoms with Crippen LogP contribution in [0.15, 0.2) is 70.0 Å². The van der Waals surface area contributed by atoms with Crippen molar-refractivity contribution in [2.24, 2.45) is 9.81 Å². The van der Waals surface area contributed by atoms with E-state index in [-0.39, 0.29) is 101 Å². The van der Waals surface area contributed by atoms with Gasteiger partial charge in [0.25, 0.3) is 10.0 Å². The van der Waals surface area contributed by atoms with E-state index in [0.717, 1.165) is 45.7 Å². The van der Waals surface area contributed by atoms with E-state index in [0.29, 0.717) is 23.7 Å². The Kier molecular flexibility index (Phi) is 18.1. The molecule has 320 valence electrons. The summed E-state index contributed by atoms with van der Waals surface area (Å²) in [6.45, 7) is 24.1. The van der Waals surface area contributed by atoms with Gasteiger partial charge in [-0.05, 0) is 79.0 Å². The van der Waals surface area contributed by atoms with Crippen LogP contribution in [0.3, 0.4) is 0 Å². The molecule has 1 heterocycles. The fourth-order valence-corrected chi connectivity index (χ4v) is 8.01. The van der Waals surface area contributed by atoms with Crippen LogP contribution in [0.25, 0.3) is 0 Å². The fraction of sp³-hybridized carbons (Fsp3) is 0.467. The molecule has 0 fully saturated rings. The van der Waals surface area contributed by atoms with Gasteiger partial charge in [0.15, 0.2) is 5.91 Å². The minimum Gasteiger partial charge on any atom is -0.493 e. The van der Waals surface area contributed by atoms with Gasteiger partial charge >= 0.3 is 51.4 Å². The average Bonchev–Trinajstić information content (AvgIpc) is 3.57. The molecule has 4 rings (SSSR count). The molecule has 0 spiro atoms. The van der Waals surface area contributed by atoms with E-state index in [1.165, 1.54) is 29.8 Å². The number of Topliss-reactive ketones (excluding diaryl/α,β-unsaturated/α-hetero) is 1. The molecule has 3 aromatic carbocycles. The molecule has 2 N–H and O–H groups in total. The van der Waals surface area contributed by atoms with Gasteiger partial charge < -0.3 is 24.8 Å². The first kappa shape index (κ1) is 51.5. The Balaban J connectivity index is 0.00000961. The van der Waals surface area contributed by atoms with E-state index in [2.05, 4.69) is 73.8 Å². The summed E-state index contributed by atoms with van der Waals surface area (Å²) >= 11 is 7.51. The predicted octanol–water partition coefficient (Wildman–Crippen LogP) is 7.13. The van der Waals surface area contributed by atoms with Crippen LogP contribution in [0.1, 0.15) is 129 Å².